The third-order valence-electron chi connectivity index (χ3n) is 0. The molecule has 0 aromatic heterocycles. The van der Waals surface area contributed by atoms with Gasteiger partial charge in [-0.15, -0.1) is 0 Å². The van der Waals surface area contributed by atoms with Gasteiger partial charge in [0.15, 0.2) is 0 Å². The van der Waals surface area contributed by atoms with Crippen molar-refractivity contribution in [2.24, 2.45) is 0 Å². The first-order valence-electron chi connectivity index (χ1n) is 0. The first-order chi connectivity index (χ1) is 0. The van der Waals surface area contributed by atoms with Gasteiger partial charge < -0.3 is 37.2 Å². The number of halogens is 3. The van der Waals surface area contributed by atoms with E-state index in [1.165, 1.54) is 0 Å². The summed E-state index contributed by atoms with van der Waals surface area (Å²) in [5.41, 5.74) is 0. The molecule has 0 heterocycles. The summed E-state index contributed by atoms with van der Waals surface area (Å²) in [6, 6.07) is 0. The molecule has 0 saturated heterocycles. The van der Waals surface area contributed by atoms with E-state index in [0.29, 0.717) is 0 Å². The van der Waals surface area contributed by atoms with Gasteiger partial charge in [0.25, 0.3) is 0 Å². The number of hydrogen-bond donors (Lipinski definition) is 0. The predicted octanol–water partition coefficient (Wildman–Crippen LogP) is -9.37. The summed E-state index contributed by atoms with van der Waals surface area (Å²) in [5, 5.41) is 0. The fourth-order valence-corrected chi connectivity index (χ4v) is 0. The molecule has 10 radical (unpaired) electrons. The van der Waals surface area contributed by atoms with E-state index in [9.17, 15) is 0 Å². The minimum absolute atomic E-state index is 0. The molecule has 0 bridgehead atoms. The molecule has 22 valence electrons. The maximum absolute atomic E-state index is 0. The largest absolute Gasteiger partial charge is 3.00 e. The van der Waals surface area contributed by atoms with Crippen LogP contribution in [0.3, 0.4) is 0 Å². The Kier molecular flexibility index (Phi) is 208. The van der Waals surface area contributed by atoms with E-state index in [1.807, 2.05) is 0 Å². The first-order valence-corrected chi connectivity index (χ1v) is 0. The van der Waals surface area contributed by atoms with Crippen LogP contribution < -0.4 is 37.2 Å². The van der Waals surface area contributed by atoms with Crippen molar-refractivity contribution in [2.75, 3.05) is 0 Å². The van der Waals surface area contributed by atoms with Crippen LogP contribution in [0.15, 0.2) is 0 Å². The van der Waals surface area contributed by atoms with Crippen LogP contribution in [0.1, 0.15) is 0 Å². The standard InChI is InChI=1S/3ClH.Na/h3*1H;/q;;;+3/p-3. The molecule has 0 spiro atoms. The molecule has 0 nitrogen and oxygen atoms in total. The summed E-state index contributed by atoms with van der Waals surface area (Å²) in [5.74, 6) is 0. The molecule has 0 aliphatic carbocycles. The van der Waals surface area contributed by atoms with E-state index in [4.69, 9.17) is 0 Å². The van der Waals surface area contributed by atoms with Crippen LogP contribution in [0.5, 0.6) is 0 Å². The second-order valence-corrected chi connectivity index (χ2v) is 0. The second kappa shape index (κ2) is 20.9. The van der Waals surface area contributed by atoms with Crippen molar-refractivity contribution in [1.29, 1.82) is 0 Å². The van der Waals surface area contributed by atoms with E-state index in [0.717, 1.165) is 0 Å². The summed E-state index contributed by atoms with van der Waals surface area (Å²) in [7, 11) is 0. The molecule has 0 aromatic carbocycles. The third kappa shape index (κ3) is 9.12. The Labute approximate surface area is 66.2 Å². The fourth-order valence-electron chi connectivity index (χ4n) is 0. The van der Waals surface area contributed by atoms with E-state index in [1.54, 1.807) is 0 Å². The van der Waals surface area contributed by atoms with Gasteiger partial charge in [-0.1, -0.05) is 0 Å². The normalized spacial score (nSPS) is 0. The monoisotopic (exact) mass is 128 g/mol. The molecule has 0 amide bonds. The van der Waals surface area contributed by atoms with Gasteiger partial charge in [0.2, 0.25) is 0 Å². The van der Waals surface area contributed by atoms with Crippen LogP contribution in [-0.2, 0) is 0 Å². The van der Waals surface area contributed by atoms with Crippen LogP contribution in [0.25, 0.3) is 0 Å². The van der Waals surface area contributed by atoms with Crippen LogP contribution >= 0.6 is 0 Å². The Morgan fingerprint density at radius 3 is 0.500 bits per heavy atom. The number of rotatable bonds is 0. The molecule has 0 rings (SSSR count). The van der Waals surface area contributed by atoms with Crippen molar-refractivity contribution in [2.45, 2.75) is 0 Å². The predicted molar refractivity (Wildman–Crippen MR) is 5.75 cm³/mol. The Hall–Kier alpha value is 1.87. The molecule has 4 heavy (non-hydrogen) atoms. The smallest absolute Gasteiger partial charge is 1.00 e. The van der Waals surface area contributed by atoms with Gasteiger partial charge >= 0.3 is 29.6 Å². The fraction of sp³-hybridized carbons (Fsp3) is 0. The topological polar surface area (TPSA) is 0 Å². The summed E-state index contributed by atoms with van der Waals surface area (Å²) in [6.07, 6.45) is 0. The summed E-state index contributed by atoms with van der Waals surface area (Å²) < 4.78 is 0. The molecule has 4 heteroatoms. The first kappa shape index (κ1) is 39.8. The average Bonchev–Trinajstić information content (AvgIpc) is 0. The third-order valence-corrected chi connectivity index (χ3v) is 0. The van der Waals surface area contributed by atoms with E-state index >= 15 is 0 Å². The van der Waals surface area contributed by atoms with Crippen molar-refractivity contribution >= 4 is 29.6 Å². The Balaban J connectivity index is 0. The van der Waals surface area contributed by atoms with Gasteiger partial charge in [0, 0.05) is 0 Å². The maximum Gasteiger partial charge on any atom is 3.00 e. The van der Waals surface area contributed by atoms with Crippen LogP contribution in [0.2, 0.25) is 0 Å². The molecule has 0 aliphatic heterocycles. The molecule has 0 N–H and O–H groups in total. The summed E-state index contributed by atoms with van der Waals surface area (Å²) in [4.78, 5) is 0. The Morgan fingerprint density at radius 2 is 0.500 bits per heavy atom. The van der Waals surface area contributed by atoms with Crippen molar-refractivity contribution in [3.8, 4) is 0 Å². The van der Waals surface area contributed by atoms with Gasteiger partial charge in [-0.25, -0.2) is 0 Å². The Morgan fingerprint density at radius 1 is 0.500 bits per heavy atom. The molecular formula is Cl3Na. The molecule has 0 unspecified atom stereocenters. The summed E-state index contributed by atoms with van der Waals surface area (Å²) >= 11 is 0. The van der Waals surface area contributed by atoms with E-state index in [-0.39, 0.29) is 66.8 Å². The van der Waals surface area contributed by atoms with E-state index < -0.39 is 0 Å². The van der Waals surface area contributed by atoms with Crippen LogP contribution in [-0.4, -0.2) is 29.6 Å². The van der Waals surface area contributed by atoms with Gasteiger partial charge in [-0.3, -0.25) is 0 Å². The van der Waals surface area contributed by atoms with Crippen molar-refractivity contribution in [1.82, 2.24) is 0 Å². The molecular weight excluding hydrogens is 129 g/mol. The maximum atomic E-state index is 0. The molecule has 0 aliphatic rings. The van der Waals surface area contributed by atoms with Gasteiger partial charge in [-0.2, -0.15) is 0 Å². The Bertz CT molecular complexity index is 3.25. The average molecular weight is 129 g/mol. The minimum Gasteiger partial charge on any atom is -1.00 e. The van der Waals surface area contributed by atoms with Crippen LogP contribution in [0.4, 0.5) is 0 Å². The molecule has 0 saturated carbocycles. The second-order valence-electron chi connectivity index (χ2n) is 0. The number of hydrogen-bond acceptors (Lipinski definition) is 0. The quantitative estimate of drug-likeness (QED) is 0.285. The SMILES string of the molecule is [Cl-].[Cl-].[Cl-].[Na+3]. The zero-order chi connectivity index (χ0) is 0. The van der Waals surface area contributed by atoms with Gasteiger partial charge in [0.1, 0.15) is 0 Å². The van der Waals surface area contributed by atoms with Crippen molar-refractivity contribution < 1.29 is 37.2 Å². The zero-order valence-electron chi connectivity index (χ0n) is 2.13. The minimum atomic E-state index is 0. The molecule has 0 atom stereocenters. The van der Waals surface area contributed by atoms with Crippen LogP contribution in [0, 0.1) is 0 Å². The van der Waals surface area contributed by atoms with Gasteiger partial charge in [0.05, 0.1) is 0 Å². The zero-order valence-corrected chi connectivity index (χ0v) is 6.40. The van der Waals surface area contributed by atoms with Crippen molar-refractivity contribution in [3.05, 3.63) is 0 Å². The molecule has 0 fully saturated rings. The van der Waals surface area contributed by atoms with E-state index in [2.05, 4.69) is 0 Å². The molecule has 0 aromatic rings. The van der Waals surface area contributed by atoms with Gasteiger partial charge in [-0.05, 0) is 0 Å². The van der Waals surface area contributed by atoms with Crippen molar-refractivity contribution in [3.63, 3.8) is 0 Å². The summed E-state index contributed by atoms with van der Waals surface area (Å²) in [6.45, 7) is 0.